The third-order valence-electron chi connectivity index (χ3n) is 2.37. The average Bonchev–Trinajstić information content (AvgIpc) is 2.29. The standard InChI is InChI=1S/C12H14F2O2/c1-3-12(13,14)10-6-4-5-9(7-10)8-11(15)16-2/h4-7H,3,8H2,1-2H3. The second-order valence-electron chi connectivity index (χ2n) is 3.51. The molecule has 0 saturated carbocycles. The lowest BCUT2D eigenvalue weighted by atomic mass is 10.0. The monoisotopic (exact) mass is 228 g/mol. The lowest BCUT2D eigenvalue weighted by Crippen LogP contribution is -2.12. The molecule has 1 aromatic carbocycles. The van der Waals surface area contributed by atoms with Crippen LogP contribution in [0.4, 0.5) is 8.78 Å². The number of benzene rings is 1. The van der Waals surface area contributed by atoms with Gasteiger partial charge in [-0.3, -0.25) is 4.79 Å². The van der Waals surface area contributed by atoms with Crippen LogP contribution in [0.15, 0.2) is 24.3 Å². The van der Waals surface area contributed by atoms with Crippen molar-refractivity contribution in [2.45, 2.75) is 25.7 Å². The number of hydrogen-bond donors (Lipinski definition) is 0. The molecule has 2 nitrogen and oxygen atoms in total. The van der Waals surface area contributed by atoms with Gasteiger partial charge in [0.15, 0.2) is 0 Å². The molecule has 0 bridgehead atoms. The first kappa shape index (κ1) is 12.6. The van der Waals surface area contributed by atoms with Crippen LogP contribution in [0.25, 0.3) is 0 Å². The molecule has 0 radical (unpaired) electrons. The summed E-state index contributed by atoms with van der Waals surface area (Å²) < 4.78 is 31.2. The van der Waals surface area contributed by atoms with Crippen molar-refractivity contribution in [1.29, 1.82) is 0 Å². The van der Waals surface area contributed by atoms with E-state index in [2.05, 4.69) is 4.74 Å². The van der Waals surface area contributed by atoms with Gasteiger partial charge < -0.3 is 4.74 Å². The lowest BCUT2D eigenvalue weighted by Gasteiger charge is -2.15. The van der Waals surface area contributed by atoms with Crippen molar-refractivity contribution in [3.63, 3.8) is 0 Å². The number of methoxy groups -OCH3 is 1. The Labute approximate surface area is 93.2 Å². The summed E-state index contributed by atoms with van der Waals surface area (Å²) in [7, 11) is 1.27. The van der Waals surface area contributed by atoms with Crippen LogP contribution >= 0.6 is 0 Å². The van der Waals surface area contributed by atoms with Gasteiger partial charge in [-0.05, 0) is 11.6 Å². The first-order valence-corrected chi connectivity index (χ1v) is 5.03. The van der Waals surface area contributed by atoms with E-state index in [0.29, 0.717) is 5.56 Å². The molecular weight excluding hydrogens is 214 g/mol. The summed E-state index contributed by atoms with van der Waals surface area (Å²) in [6.45, 7) is 1.42. The van der Waals surface area contributed by atoms with E-state index in [9.17, 15) is 13.6 Å². The minimum atomic E-state index is -2.84. The van der Waals surface area contributed by atoms with Gasteiger partial charge in [0.25, 0.3) is 5.92 Å². The molecule has 0 fully saturated rings. The largest absolute Gasteiger partial charge is 0.469 e. The fourth-order valence-electron chi connectivity index (χ4n) is 1.35. The molecule has 0 unspecified atom stereocenters. The predicted molar refractivity (Wildman–Crippen MR) is 56.3 cm³/mol. The lowest BCUT2D eigenvalue weighted by molar-refractivity contribution is -0.139. The highest BCUT2D eigenvalue weighted by Gasteiger charge is 2.28. The number of ether oxygens (including phenoxy) is 1. The summed E-state index contributed by atoms with van der Waals surface area (Å²) in [6, 6.07) is 5.87. The van der Waals surface area contributed by atoms with Gasteiger partial charge in [0, 0.05) is 12.0 Å². The smallest absolute Gasteiger partial charge is 0.309 e. The minimum Gasteiger partial charge on any atom is -0.469 e. The topological polar surface area (TPSA) is 26.3 Å². The molecule has 1 aromatic rings. The highest BCUT2D eigenvalue weighted by atomic mass is 19.3. The predicted octanol–water partition coefficient (Wildman–Crippen LogP) is 2.90. The van der Waals surface area contributed by atoms with Gasteiger partial charge in [-0.15, -0.1) is 0 Å². The Morgan fingerprint density at radius 1 is 1.44 bits per heavy atom. The van der Waals surface area contributed by atoms with Crippen molar-refractivity contribution in [2.24, 2.45) is 0 Å². The molecule has 0 N–H and O–H groups in total. The summed E-state index contributed by atoms with van der Waals surface area (Å²) in [6.07, 6.45) is -0.237. The van der Waals surface area contributed by atoms with E-state index in [1.807, 2.05) is 0 Å². The number of rotatable bonds is 4. The molecule has 0 aliphatic carbocycles. The number of alkyl halides is 2. The molecule has 0 amide bonds. The van der Waals surface area contributed by atoms with Crippen LogP contribution in [0.5, 0.6) is 0 Å². The molecule has 1 rings (SSSR count). The van der Waals surface area contributed by atoms with Crippen LogP contribution in [0.1, 0.15) is 24.5 Å². The van der Waals surface area contributed by atoms with Crippen molar-refractivity contribution in [1.82, 2.24) is 0 Å². The normalized spacial score (nSPS) is 11.2. The van der Waals surface area contributed by atoms with Gasteiger partial charge in [-0.2, -0.15) is 0 Å². The molecular formula is C12H14F2O2. The van der Waals surface area contributed by atoms with Crippen molar-refractivity contribution >= 4 is 5.97 Å². The summed E-state index contributed by atoms with van der Waals surface area (Å²) in [5.41, 5.74) is 0.480. The Kier molecular flexibility index (Phi) is 3.99. The van der Waals surface area contributed by atoms with E-state index in [4.69, 9.17) is 0 Å². The maximum atomic E-state index is 13.4. The Balaban J connectivity index is 2.91. The third kappa shape index (κ3) is 3.02. The number of esters is 1. The summed E-state index contributed by atoms with van der Waals surface area (Å²) in [5.74, 6) is -3.27. The number of carbonyl (C=O) groups is 1. The molecule has 88 valence electrons. The zero-order valence-corrected chi connectivity index (χ0v) is 9.30. The van der Waals surface area contributed by atoms with Crippen LogP contribution < -0.4 is 0 Å². The maximum Gasteiger partial charge on any atom is 0.309 e. The van der Waals surface area contributed by atoms with Gasteiger partial charge in [-0.25, -0.2) is 8.78 Å². The van der Waals surface area contributed by atoms with E-state index in [1.54, 1.807) is 6.07 Å². The number of carbonyl (C=O) groups excluding carboxylic acids is 1. The van der Waals surface area contributed by atoms with Gasteiger partial charge >= 0.3 is 5.97 Å². The zero-order valence-electron chi connectivity index (χ0n) is 9.30. The SMILES string of the molecule is CCC(F)(F)c1cccc(CC(=O)OC)c1. The van der Waals surface area contributed by atoms with E-state index in [1.165, 1.54) is 32.2 Å². The molecule has 0 aliphatic heterocycles. The molecule has 0 saturated heterocycles. The molecule has 0 atom stereocenters. The molecule has 0 aliphatic rings. The second kappa shape index (κ2) is 5.05. The zero-order chi connectivity index (χ0) is 12.2. The van der Waals surface area contributed by atoms with Crippen LogP contribution in [-0.2, 0) is 21.9 Å². The number of hydrogen-bond acceptors (Lipinski definition) is 2. The Morgan fingerprint density at radius 3 is 2.69 bits per heavy atom. The fraction of sp³-hybridized carbons (Fsp3) is 0.417. The van der Waals surface area contributed by atoms with Crippen LogP contribution in [0.2, 0.25) is 0 Å². The summed E-state index contributed by atoms with van der Waals surface area (Å²) >= 11 is 0. The van der Waals surface area contributed by atoms with Crippen molar-refractivity contribution < 1.29 is 18.3 Å². The van der Waals surface area contributed by atoms with Crippen LogP contribution in [0.3, 0.4) is 0 Å². The van der Waals surface area contributed by atoms with Crippen molar-refractivity contribution in [3.8, 4) is 0 Å². The van der Waals surface area contributed by atoms with Gasteiger partial charge in [0.2, 0.25) is 0 Å². The third-order valence-corrected chi connectivity index (χ3v) is 2.37. The summed E-state index contributed by atoms with van der Waals surface area (Å²) in [5, 5.41) is 0. The highest BCUT2D eigenvalue weighted by molar-refractivity contribution is 5.72. The second-order valence-corrected chi connectivity index (χ2v) is 3.51. The Hall–Kier alpha value is -1.45. The molecule has 0 spiro atoms. The van der Waals surface area contributed by atoms with Gasteiger partial charge in [0.1, 0.15) is 0 Å². The van der Waals surface area contributed by atoms with E-state index < -0.39 is 11.9 Å². The number of halogens is 2. The molecule has 4 heteroatoms. The van der Waals surface area contributed by atoms with Crippen LogP contribution in [0, 0.1) is 0 Å². The fourth-order valence-corrected chi connectivity index (χ4v) is 1.35. The molecule has 16 heavy (non-hydrogen) atoms. The van der Waals surface area contributed by atoms with E-state index >= 15 is 0 Å². The van der Waals surface area contributed by atoms with Crippen molar-refractivity contribution in [2.75, 3.05) is 7.11 Å². The Morgan fingerprint density at radius 2 is 2.12 bits per heavy atom. The van der Waals surface area contributed by atoms with Crippen LogP contribution in [-0.4, -0.2) is 13.1 Å². The first-order chi connectivity index (χ1) is 7.49. The highest BCUT2D eigenvalue weighted by Crippen LogP contribution is 2.31. The first-order valence-electron chi connectivity index (χ1n) is 5.03. The minimum absolute atomic E-state index is 0.0180. The van der Waals surface area contributed by atoms with E-state index in [-0.39, 0.29) is 18.4 Å². The Bertz CT molecular complexity index is 375. The summed E-state index contributed by atoms with van der Waals surface area (Å²) in [4.78, 5) is 11.0. The molecule has 0 heterocycles. The molecule has 0 aromatic heterocycles. The van der Waals surface area contributed by atoms with Crippen molar-refractivity contribution in [3.05, 3.63) is 35.4 Å². The quantitative estimate of drug-likeness (QED) is 0.741. The maximum absolute atomic E-state index is 13.4. The average molecular weight is 228 g/mol. The van der Waals surface area contributed by atoms with Gasteiger partial charge in [-0.1, -0.05) is 25.1 Å². The van der Waals surface area contributed by atoms with E-state index in [0.717, 1.165) is 0 Å². The van der Waals surface area contributed by atoms with Gasteiger partial charge in [0.05, 0.1) is 13.5 Å².